The van der Waals surface area contributed by atoms with Gasteiger partial charge in [0.15, 0.2) is 0 Å². The van der Waals surface area contributed by atoms with Gasteiger partial charge in [-0.15, -0.1) is 0 Å². The van der Waals surface area contributed by atoms with Crippen molar-refractivity contribution in [3.05, 3.63) is 83.9 Å². The molecule has 1 aliphatic heterocycles. The molecular formula is C24H26N2O2. The molecule has 2 unspecified atom stereocenters. The van der Waals surface area contributed by atoms with Crippen LogP contribution < -0.4 is 5.32 Å². The van der Waals surface area contributed by atoms with Gasteiger partial charge in [-0.1, -0.05) is 66.7 Å². The second kappa shape index (κ2) is 8.55. The van der Waals surface area contributed by atoms with E-state index in [4.69, 9.17) is 4.74 Å². The van der Waals surface area contributed by atoms with Crippen LogP contribution in [0.15, 0.2) is 72.8 Å². The Bertz CT molecular complexity index is 942. The fourth-order valence-corrected chi connectivity index (χ4v) is 3.76. The summed E-state index contributed by atoms with van der Waals surface area (Å²) in [5.41, 5.74) is 2.32. The average Bonchev–Trinajstić information content (AvgIpc) is 2.74. The van der Waals surface area contributed by atoms with Gasteiger partial charge < -0.3 is 10.1 Å². The molecule has 4 nitrogen and oxygen atoms in total. The van der Waals surface area contributed by atoms with Crippen molar-refractivity contribution < 1.29 is 9.53 Å². The molecule has 0 radical (unpaired) electrons. The van der Waals surface area contributed by atoms with Crippen LogP contribution in [0, 0.1) is 0 Å². The van der Waals surface area contributed by atoms with Gasteiger partial charge in [0.1, 0.15) is 6.04 Å². The van der Waals surface area contributed by atoms with Crippen molar-refractivity contribution in [2.75, 3.05) is 19.8 Å². The van der Waals surface area contributed by atoms with E-state index in [0.29, 0.717) is 13.2 Å². The maximum Gasteiger partial charge on any atom is 0.240 e. The maximum atomic E-state index is 13.0. The maximum absolute atomic E-state index is 13.0. The summed E-state index contributed by atoms with van der Waals surface area (Å²) in [5.74, 6) is 0.0243. The number of ether oxygens (including phenoxy) is 1. The highest BCUT2D eigenvalue weighted by molar-refractivity contribution is 5.84. The molecule has 1 N–H and O–H groups in total. The number of benzene rings is 3. The molecule has 0 bridgehead atoms. The first-order chi connectivity index (χ1) is 13.7. The number of hydrogen-bond acceptors (Lipinski definition) is 3. The lowest BCUT2D eigenvalue weighted by atomic mass is 10.0. The zero-order valence-corrected chi connectivity index (χ0v) is 16.2. The number of carbonyl (C=O) groups excluding carboxylic acids is 1. The summed E-state index contributed by atoms with van der Waals surface area (Å²) >= 11 is 0. The smallest absolute Gasteiger partial charge is 0.240 e. The molecule has 3 aromatic carbocycles. The molecule has 4 heteroatoms. The number of carbonyl (C=O) groups is 1. The van der Waals surface area contributed by atoms with Crippen molar-refractivity contribution in [1.29, 1.82) is 0 Å². The van der Waals surface area contributed by atoms with Crippen molar-refractivity contribution in [2.45, 2.75) is 25.6 Å². The third-order valence-electron chi connectivity index (χ3n) is 5.40. The summed E-state index contributed by atoms with van der Waals surface area (Å²) in [6.07, 6.45) is 0. The predicted molar refractivity (Wildman–Crippen MR) is 112 cm³/mol. The molecule has 1 aliphatic rings. The Kier molecular flexibility index (Phi) is 5.70. The highest BCUT2D eigenvalue weighted by Crippen LogP contribution is 2.21. The van der Waals surface area contributed by atoms with E-state index in [0.717, 1.165) is 18.7 Å². The van der Waals surface area contributed by atoms with E-state index in [1.807, 2.05) is 37.3 Å². The van der Waals surface area contributed by atoms with Crippen LogP contribution in [0.4, 0.5) is 0 Å². The summed E-state index contributed by atoms with van der Waals surface area (Å²) in [4.78, 5) is 15.2. The minimum absolute atomic E-state index is 0.0243. The molecule has 0 aliphatic carbocycles. The number of fused-ring (bicyclic) bond motifs is 1. The van der Waals surface area contributed by atoms with Crippen molar-refractivity contribution in [2.24, 2.45) is 0 Å². The van der Waals surface area contributed by atoms with Gasteiger partial charge in [-0.25, -0.2) is 0 Å². The Morgan fingerprint density at radius 2 is 1.82 bits per heavy atom. The molecule has 0 aromatic heterocycles. The normalized spacial score (nSPS) is 18.7. The third-order valence-corrected chi connectivity index (χ3v) is 5.40. The van der Waals surface area contributed by atoms with E-state index in [1.165, 1.54) is 16.3 Å². The van der Waals surface area contributed by atoms with Crippen LogP contribution in [-0.4, -0.2) is 36.6 Å². The monoisotopic (exact) mass is 374 g/mol. The average molecular weight is 374 g/mol. The Hall–Kier alpha value is -2.69. The van der Waals surface area contributed by atoms with Crippen molar-refractivity contribution in [3.8, 4) is 0 Å². The number of nitrogens with one attached hydrogen (secondary N) is 1. The first-order valence-corrected chi connectivity index (χ1v) is 9.85. The van der Waals surface area contributed by atoms with Crippen LogP contribution in [-0.2, 0) is 16.1 Å². The van der Waals surface area contributed by atoms with Gasteiger partial charge in [0.25, 0.3) is 0 Å². The second-order valence-corrected chi connectivity index (χ2v) is 7.38. The molecule has 1 amide bonds. The molecule has 4 rings (SSSR count). The summed E-state index contributed by atoms with van der Waals surface area (Å²) in [6.45, 7) is 4.65. The van der Waals surface area contributed by atoms with Crippen LogP contribution >= 0.6 is 0 Å². The van der Waals surface area contributed by atoms with Gasteiger partial charge in [0, 0.05) is 13.1 Å². The first-order valence-electron chi connectivity index (χ1n) is 9.85. The second-order valence-electron chi connectivity index (χ2n) is 7.38. The van der Waals surface area contributed by atoms with Crippen molar-refractivity contribution in [3.63, 3.8) is 0 Å². The first kappa shape index (κ1) is 18.7. The van der Waals surface area contributed by atoms with Crippen LogP contribution in [0.5, 0.6) is 0 Å². The number of amides is 1. The number of nitrogens with zero attached hydrogens (tertiary/aromatic N) is 1. The van der Waals surface area contributed by atoms with E-state index in [9.17, 15) is 4.79 Å². The van der Waals surface area contributed by atoms with E-state index in [2.05, 4.69) is 52.7 Å². The molecule has 2 atom stereocenters. The summed E-state index contributed by atoms with van der Waals surface area (Å²) < 4.78 is 5.61. The highest BCUT2D eigenvalue weighted by Gasteiger charge is 2.30. The molecule has 144 valence electrons. The Balaban J connectivity index is 1.45. The Morgan fingerprint density at radius 3 is 2.64 bits per heavy atom. The fraction of sp³-hybridized carbons (Fsp3) is 0.292. The quantitative estimate of drug-likeness (QED) is 0.736. The van der Waals surface area contributed by atoms with E-state index < -0.39 is 0 Å². The number of hydrogen-bond donors (Lipinski definition) is 1. The standard InChI is InChI=1S/C24H26N2O2/c1-18(21-12-11-20-9-5-6-10-22(20)15-21)25-24(27)23-17-28-14-13-26(23)16-19-7-3-2-4-8-19/h2-12,15,18,23H,13-14,16-17H2,1H3,(H,25,27). The summed E-state index contributed by atoms with van der Waals surface area (Å²) in [5, 5.41) is 5.58. The molecular weight excluding hydrogens is 348 g/mol. The Morgan fingerprint density at radius 1 is 1.07 bits per heavy atom. The van der Waals surface area contributed by atoms with Gasteiger partial charge in [-0.2, -0.15) is 0 Å². The van der Waals surface area contributed by atoms with Gasteiger partial charge in [0.05, 0.1) is 19.3 Å². The van der Waals surface area contributed by atoms with Gasteiger partial charge in [-0.05, 0) is 34.9 Å². The number of rotatable bonds is 5. The van der Waals surface area contributed by atoms with Gasteiger partial charge >= 0.3 is 0 Å². The van der Waals surface area contributed by atoms with Gasteiger partial charge in [-0.3, -0.25) is 9.69 Å². The molecule has 3 aromatic rings. The van der Waals surface area contributed by atoms with E-state index >= 15 is 0 Å². The molecule has 1 fully saturated rings. The van der Waals surface area contributed by atoms with Crippen LogP contribution in [0.2, 0.25) is 0 Å². The van der Waals surface area contributed by atoms with E-state index in [-0.39, 0.29) is 18.0 Å². The van der Waals surface area contributed by atoms with Crippen molar-refractivity contribution >= 4 is 16.7 Å². The fourth-order valence-electron chi connectivity index (χ4n) is 3.76. The highest BCUT2D eigenvalue weighted by atomic mass is 16.5. The molecule has 0 spiro atoms. The third kappa shape index (κ3) is 4.24. The predicted octanol–water partition coefficient (Wildman–Crippen LogP) is 3.92. The molecule has 0 saturated carbocycles. The molecule has 1 saturated heterocycles. The van der Waals surface area contributed by atoms with Crippen LogP contribution in [0.25, 0.3) is 10.8 Å². The SMILES string of the molecule is CC(NC(=O)C1COCCN1Cc1ccccc1)c1ccc2ccccc2c1. The minimum atomic E-state index is -0.267. The molecule has 28 heavy (non-hydrogen) atoms. The minimum Gasteiger partial charge on any atom is -0.378 e. The number of morpholine rings is 1. The Labute approximate surface area is 166 Å². The van der Waals surface area contributed by atoms with Crippen LogP contribution in [0.3, 0.4) is 0 Å². The summed E-state index contributed by atoms with van der Waals surface area (Å²) in [7, 11) is 0. The summed E-state index contributed by atoms with van der Waals surface area (Å²) in [6, 6.07) is 24.6. The van der Waals surface area contributed by atoms with E-state index in [1.54, 1.807) is 0 Å². The van der Waals surface area contributed by atoms with Crippen molar-refractivity contribution in [1.82, 2.24) is 10.2 Å². The zero-order valence-electron chi connectivity index (χ0n) is 16.2. The topological polar surface area (TPSA) is 41.6 Å². The van der Waals surface area contributed by atoms with Crippen LogP contribution in [0.1, 0.15) is 24.1 Å². The lowest BCUT2D eigenvalue weighted by Crippen LogP contribution is -2.53. The molecule has 1 heterocycles. The van der Waals surface area contributed by atoms with Gasteiger partial charge in [0.2, 0.25) is 5.91 Å². The largest absolute Gasteiger partial charge is 0.378 e. The lowest BCUT2D eigenvalue weighted by Gasteiger charge is -2.35. The lowest BCUT2D eigenvalue weighted by molar-refractivity contribution is -0.133. The zero-order chi connectivity index (χ0) is 19.3.